The molecular weight excluding hydrogens is 292 g/mol. The summed E-state index contributed by atoms with van der Waals surface area (Å²) in [6.45, 7) is 3.37. The highest BCUT2D eigenvalue weighted by Gasteiger charge is 2.17. The van der Waals surface area contributed by atoms with Crippen LogP contribution in [0.4, 0.5) is 0 Å². The predicted molar refractivity (Wildman–Crippen MR) is 85.9 cm³/mol. The van der Waals surface area contributed by atoms with E-state index in [9.17, 15) is 4.79 Å². The summed E-state index contributed by atoms with van der Waals surface area (Å²) in [6.07, 6.45) is 7.52. The Bertz CT molecular complexity index is 778. The number of benzene rings is 1. The molecule has 3 aromatic rings. The minimum Gasteiger partial charge on any atom is -0.443 e. The van der Waals surface area contributed by atoms with Gasteiger partial charge in [0.1, 0.15) is 0 Å². The Balaban J connectivity index is 1.61. The van der Waals surface area contributed by atoms with Crippen molar-refractivity contribution in [2.45, 2.75) is 19.9 Å². The van der Waals surface area contributed by atoms with Gasteiger partial charge in [-0.1, -0.05) is 23.8 Å². The zero-order chi connectivity index (χ0) is 16.1. The van der Waals surface area contributed by atoms with Crippen LogP contribution in [0, 0.1) is 6.92 Å². The lowest BCUT2D eigenvalue weighted by atomic mass is 10.1. The fourth-order valence-electron chi connectivity index (χ4n) is 2.37. The number of aryl methyl sites for hydroxylation is 2. The fraction of sp³-hybridized carbons (Fsp3) is 0.235. The summed E-state index contributed by atoms with van der Waals surface area (Å²) in [4.78, 5) is 20.3. The zero-order valence-corrected chi connectivity index (χ0v) is 12.9. The second kappa shape index (κ2) is 6.91. The number of imidazole rings is 1. The molecule has 2 aromatic heterocycles. The molecule has 23 heavy (non-hydrogen) atoms. The normalized spacial score (nSPS) is 10.7. The average Bonchev–Trinajstić information content (AvgIpc) is 3.22. The molecule has 6 nitrogen and oxygen atoms in total. The van der Waals surface area contributed by atoms with E-state index in [0.717, 1.165) is 24.1 Å². The topological polar surface area (TPSA) is 73.0 Å². The van der Waals surface area contributed by atoms with Crippen molar-refractivity contribution in [1.82, 2.24) is 19.9 Å². The lowest BCUT2D eigenvalue weighted by Crippen LogP contribution is -2.26. The molecule has 0 aliphatic carbocycles. The van der Waals surface area contributed by atoms with Crippen LogP contribution in [-0.2, 0) is 6.54 Å². The van der Waals surface area contributed by atoms with Crippen molar-refractivity contribution in [1.29, 1.82) is 0 Å². The Hall–Kier alpha value is -2.89. The minimum atomic E-state index is -0.221. The van der Waals surface area contributed by atoms with Crippen LogP contribution in [0.15, 0.2) is 53.8 Å². The molecule has 3 rings (SSSR count). The Kier molecular flexibility index (Phi) is 4.52. The first-order chi connectivity index (χ1) is 11.2. The van der Waals surface area contributed by atoms with Gasteiger partial charge in [0.2, 0.25) is 0 Å². The summed E-state index contributed by atoms with van der Waals surface area (Å²) in [5, 5.41) is 2.88. The molecule has 1 amide bonds. The number of rotatable bonds is 6. The highest BCUT2D eigenvalue weighted by atomic mass is 16.3. The summed E-state index contributed by atoms with van der Waals surface area (Å²) >= 11 is 0. The van der Waals surface area contributed by atoms with Crippen molar-refractivity contribution in [3.63, 3.8) is 0 Å². The van der Waals surface area contributed by atoms with Gasteiger partial charge < -0.3 is 14.3 Å². The van der Waals surface area contributed by atoms with Gasteiger partial charge in [0.05, 0.1) is 6.33 Å². The van der Waals surface area contributed by atoms with Crippen LogP contribution in [0.1, 0.15) is 22.5 Å². The molecule has 0 aliphatic heterocycles. The Morgan fingerprint density at radius 3 is 3.09 bits per heavy atom. The second-order valence-electron chi connectivity index (χ2n) is 5.31. The molecule has 1 aromatic carbocycles. The molecule has 118 valence electrons. The molecule has 0 spiro atoms. The quantitative estimate of drug-likeness (QED) is 0.710. The number of carbonyl (C=O) groups excluding carboxylic acids is 1. The predicted octanol–water partition coefficient (Wildman–Crippen LogP) is 2.67. The number of hydrogen-bond acceptors (Lipinski definition) is 4. The summed E-state index contributed by atoms with van der Waals surface area (Å²) in [5.74, 6) is 0.279. The van der Waals surface area contributed by atoms with E-state index in [0.29, 0.717) is 18.0 Å². The summed E-state index contributed by atoms with van der Waals surface area (Å²) < 4.78 is 7.38. The van der Waals surface area contributed by atoms with Crippen molar-refractivity contribution in [2.75, 3.05) is 6.54 Å². The van der Waals surface area contributed by atoms with Crippen molar-refractivity contribution in [2.24, 2.45) is 0 Å². The number of aromatic nitrogens is 3. The van der Waals surface area contributed by atoms with Crippen molar-refractivity contribution < 1.29 is 9.21 Å². The molecule has 0 aliphatic rings. The second-order valence-corrected chi connectivity index (χ2v) is 5.31. The first-order valence-corrected chi connectivity index (χ1v) is 7.48. The number of hydrogen-bond donors (Lipinski definition) is 1. The molecule has 1 N–H and O–H groups in total. The molecule has 0 saturated carbocycles. The standard InChI is InChI=1S/C17H18N4O2/c1-13-4-2-5-14(10-13)16-15(20-12-23-16)17(22)19-6-3-8-21-9-7-18-11-21/h2,4-5,7,9-12H,3,6,8H2,1H3,(H,19,22). The number of oxazole rings is 1. The number of nitrogens with zero attached hydrogens (tertiary/aromatic N) is 3. The number of amides is 1. The van der Waals surface area contributed by atoms with E-state index in [1.165, 1.54) is 6.39 Å². The average molecular weight is 310 g/mol. The smallest absolute Gasteiger partial charge is 0.273 e. The van der Waals surface area contributed by atoms with Gasteiger partial charge in [-0.05, 0) is 19.4 Å². The fourth-order valence-corrected chi connectivity index (χ4v) is 2.37. The van der Waals surface area contributed by atoms with E-state index in [1.54, 1.807) is 12.5 Å². The maximum Gasteiger partial charge on any atom is 0.273 e. The molecule has 0 saturated heterocycles. The third-order valence-corrected chi connectivity index (χ3v) is 3.50. The van der Waals surface area contributed by atoms with Gasteiger partial charge in [0, 0.05) is 31.0 Å². The van der Waals surface area contributed by atoms with Crippen LogP contribution < -0.4 is 5.32 Å². The maximum atomic E-state index is 12.3. The first kappa shape index (κ1) is 15.0. The highest BCUT2D eigenvalue weighted by Crippen LogP contribution is 2.23. The van der Waals surface area contributed by atoms with E-state index in [2.05, 4.69) is 15.3 Å². The molecule has 0 bridgehead atoms. The molecule has 0 fully saturated rings. The van der Waals surface area contributed by atoms with E-state index >= 15 is 0 Å². The minimum absolute atomic E-state index is 0.221. The van der Waals surface area contributed by atoms with Gasteiger partial charge in [-0.25, -0.2) is 9.97 Å². The van der Waals surface area contributed by atoms with Crippen LogP contribution in [0.5, 0.6) is 0 Å². The number of carbonyl (C=O) groups is 1. The van der Waals surface area contributed by atoms with E-state index < -0.39 is 0 Å². The Labute approximate surface area is 134 Å². The SMILES string of the molecule is Cc1cccc(-c2ocnc2C(=O)NCCCn2ccnc2)c1. The van der Waals surface area contributed by atoms with Gasteiger partial charge in [0.15, 0.2) is 17.8 Å². The van der Waals surface area contributed by atoms with E-state index in [4.69, 9.17) is 4.42 Å². The molecule has 6 heteroatoms. The third kappa shape index (κ3) is 3.66. The lowest BCUT2D eigenvalue weighted by Gasteiger charge is -2.05. The molecule has 0 unspecified atom stereocenters. The van der Waals surface area contributed by atoms with E-state index in [1.807, 2.05) is 42.0 Å². The zero-order valence-electron chi connectivity index (χ0n) is 12.9. The lowest BCUT2D eigenvalue weighted by molar-refractivity contribution is 0.0948. The van der Waals surface area contributed by atoms with Crippen molar-refractivity contribution in [3.8, 4) is 11.3 Å². The number of nitrogens with one attached hydrogen (secondary N) is 1. The molecule has 0 radical (unpaired) electrons. The van der Waals surface area contributed by atoms with Crippen LogP contribution in [0.3, 0.4) is 0 Å². The third-order valence-electron chi connectivity index (χ3n) is 3.50. The Morgan fingerprint density at radius 1 is 1.39 bits per heavy atom. The summed E-state index contributed by atoms with van der Waals surface area (Å²) in [7, 11) is 0. The largest absolute Gasteiger partial charge is 0.443 e. The highest BCUT2D eigenvalue weighted by molar-refractivity contribution is 5.97. The van der Waals surface area contributed by atoms with Crippen LogP contribution >= 0.6 is 0 Å². The van der Waals surface area contributed by atoms with Crippen LogP contribution in [-0.4, -0.2) is 27.0 Å². The first-order valence-electron chi connectivity index (χ1n) is 7.48. The summed E-state index contributed by atoms with van der Waals surface area (Å²) in [5.41, 5.74) is 2.27. The van der Waals surface area contributed by atoms with E-state index in [-0.39, 0.29) is 5.91 Å². The summed E-state index contributed by atoms with van der Waals surface area (Å²) in [6, 6.07) is 7.80. The van der Waals surface area contributed by atoms with Gasteiger partial charge in [-0.2, -0.15) is 0 Å². The molecule has 0 atom stereocenters. The molecular formula is C17H18N4O2. The van der Waals surface area contributed by atoms with Gasteiger partial charge in [-0.15, -0.1) is 0 Å². The van der Waals surface area contributed by atoms with Crippen LogP contribution in [0.25, 0.3) is 11.3 Å². The monoisotopic (exact) mass is 310 g/mol. The van der Waals surface area contributed by atoms with Gasteiger partial charge in [0.25, 0.3) is 5.91 Å². The van der Waals surface area contributed by atoms with Crippen LogP contribution in [0.2, 0.25) is 0 Å². The van der Waals surface area contributed by atoms with Crippen molar-refractivity contribution >= 4 is 5.91 Å². The van der Waals surface area contributed by atoms with Gasteiger partial charge in [-0.3, -0.25) is 4.79 Å². The van der Waals surface area contributed by atoms with Gasteiger partial charge >= 0.3 is 0 Å². The maximum absolute atomic E-state index is 12.3. The molecule has 2 heterocycles. The Morgan fingerprint density at radius 2 is 2.30 bits per heavy atom. The van der Waals surface area contributed by atoms with Crippen molar-refractivity contribution in [3.05, 3.63) is 60.6 Å².